The van der Waals surface area contributed by atoms with E-state index >= 15 is 0 Å². The van der Waals surface area contributed by atoms with Gasteiger partial charge in [0.2, 0.25) is 5.91 Å². The Hall–Kier alpha value is -2.56. The fraction of sp³-hybridized carbons (Fsp3) is 0.350. The molecule has 0 fully saturated rings. The molecule has 0 heterocycles. The van der Waals surface area contributed by atoms with Crippen LogP contribution >= 0.6 is 0 Å². The minimum Gasteiger partial charge on any atom is -0.496 e. The van der Waals surface area contributed by atoms with Crippen LogP contribution in [0, 0.1) is 12.7 Å². The Kier molecular flexibility index (Phi) is 6.39. The van der Waals surface area contributed by atoms with Crippen LogP contribution in [-0.4, -0.2) is 20.1 Å². The highest BCUT2D eigenvalue weighted by molar-refractivity contribution is 5.76. The van der Waals surface area contributed by atoms with Gasteiger partial charge in [-0.05, 0) is 44.0 Å². The molecule has 2 rings (SSSR count). The molecule has 1 atom stereocenters. The highest BCUT2D eigenvalue weighted by atomic mass is 19.1. The van der Waals surface area contributed by atoms with E-state index in [0.717, 1.165) is 22.4 Å². The first-order chi connectivity index (χ1) is 11.9. The first-order valence-electron chi connectivity index (χ1n) is 8.21. The molecule has 0 bridgehead atoms. The molecule has 1 unspecified atom stereocenters. The third-order valence-corrected chi connectivity index (χ3v) is 4.09. The molecule has 0 spiro atoms. The van der Waals surface area contributed by atoms with Gasteiger partial charge in [-0.15, -0.1) is 0 Å². The van der Waals surface area contributed by atoms with Crippen LogP contribution in [0.5, 0.6) is 11.5 Å². The third kappa shape index (κ3) is 4.95. The molecule has 1 amide bonds. The van der Waals surface area contributed by atoms with Crippen LogP contribution in [0.15, 0.2) is 36.4 Å². The summed E-state index contributed by atoms with van der Waals surface area (Å²) in [6.45, 7) is 3.91. The number of halogens is 1. The Morgan fingerprint density at radius 1 is 1.12 bits per heavy atom. The molecule has 0 saturated heterocycles. The Labute approximate surface area is 148 Å². The third-order valence-electron chi connectivity index (χ3n) is 4.09. The summed E-state index contributed by atoms with van der Waals surface area (Å²) in [4.78, 5) is 12.2. The van der Waals surface area contributed by atoms with E-state index in [1.807, 2.05) is 32.0 Å². The number of benzene rings is 2. The predicted molar refractivity (Wildman–Crippen MR) is 95.6 cm³/mol. The largest absolute Gasteiger partial charge is 0.496 e. The summed E-state index contributed by atoms with van der Waals surface area (Å²) in [5.41, 5.74) is 2.80. The van der Waals surface area contributed by atoms with Crippen LogP contribution in [0.4, 0.5) is 4.39 Å². The molecule has 0 saturated carbocycles. The van der Waals surface area contributed by atoms with Crippen LogP contribution < -0.4 is 14.8 Å². The van der Waals surface area contributed by atoms with Gasteiger partial charge in [0.15, 0.2) is 11.6 Å². The summed E-state index contributed by atoms with van der Waals surface area (Å²) in [6.07, 6.45) is 0.745. The first-order valence-corrected chi connectivity index (χ1v) is 8.21. The lowest BCUT2D eigenvalue weighted by molar-refractivity contribution is -0.121. The number of methoxy groups -OCH3 is 2. The SMILES string of the molecule is COc1ccc(CCC(=O)NC(C)c2cc(C)ccc2OC)cc1F. The predicted octanol–water partition coefficient (Wildman–Crippen LogP) is 3.96. The Balaban J connectivity index is 1.96. The van der Waals surface area contributed by atoms with E-state index in [4.69, 9.17) is 9.47 Å². The van der Waals surface area contributed by atoms with Gasteiger partial charge in [0.1, 0.15) is 5.75 Å². The van der Waals surface area contributed by atoms with Crippen LogP contribution in [0.1, 0.15) is 36.1 Å². The van der Waals surface area contributed by atoms with Crippen molar-refractivity contribution in [2.45, 2.75) is 32.7 Å². The molecular weight excluding hydrogens is 321 g/mol. The van der Waals surface area contributed by atoms with E-state index in [1.165, 1.54) is 13.2 Å². The molecule has 2 aromatic rings. The number of rotatable bonds is 7. The second-order valence-corrected chi connectivity index (χ2v) is 6.00. The van der Waals surface area contributed by atoms with Gasteiger partial charge in [0.25, 0.3) is 0 Å². The van der Waals surface area contributed by atoms with Gasteiger partial charge in [-0.3, -0.25) is 4.79 Å². The number of carbonyl (C=O) groups excluding carboxylic acids is 1. The lowest BCUT2D eigenvalue weighted by atomic mass is 10.0. The Morgan fingerprint density at radius 3 is 2.44 bits per heavy atom. The summed E-state index contributed by atoms with van der Waals surface area (Å²) >= 11 is 0. The fourth-order valence-electron chi connectivity index (χ4n) is 2.71. The highest BCUT2D eigenvalue weighted by Crippen LogP contribution is 2.26. The second kappa shape index (κ2) is 8.51. The van der Waals surface area contributed by atoms with E-state index in [9.17, 15) is 9.18 Å². The molecule has 0 radical (unpaired) electrons. The second-order valence-electron chi connectivity index (χ2n) is 6.00. The summed E-state index contributed by atoms with van der Waals surface area (Å²) < 4.78 is 23.9. The van der Waals surface area contributed by atoms with Crippen LogP contribution in [-0.2, 0) is 11.2 Å². The van der Waals surface area contributed by atoms with Gasteiger partial charge >= 0.3 is 0 Å². The highest BCUT2D eigenvalue weighted by Gasteiger charge is 2.14. The van der Waals surface area contributed by atoms with Crippen molar-refractivity contribution in [3.8, 4) is 11.5 Å². The van der Waals surface area contributed by atoms with Gasteiger partial charge in [-0.25, -0.2) is 4.39 Å². The van der Waals surface area contributed by atoms with Crippen LogP contribution in [0.3, 0.4) is 0 Å². The lowest BCUT2D eigenvalue weighted by Gasteiger charge is -2.18. The number of aryl methyl sites for hydroxylation is 2. The summed E-state index contributed by atoms with van der Waals surface area (Å²) in [6, 6.07) is 10.4. The molecule has 134 valence electrons. The fourth-order valence-corrected chi connectivity index (χ4v) is 2.71. The molecule has 0 aliphatic rings. The molecule has 2 aromatic carbocycles. The van der Waals surface area contributed by atoms with Crippen molar-refractivity contribution in [2.24, 2.45) is 0 Å². The molecule has 0 aliphatic carbocycles. The van der Waals surface area contributed by atoms with Crippen molar-refractivity contribution in [1.82, 2.24) is 5.32 Å². The van der Waals surface area contributed by atoms with Crippen molar-refractivity contribution in [1.29, 1.82) is 0 Å². The number of amides is 1. The topological polar surface area (TPSA) is 47.6 Å². The van der Waals surface area contributed by atoms with Gasteiger partial charge in [0, 0.05) is 12.0 Å². The monoisotopic (exact) mass is 345 g/mol. The Morgan fingerprint density at radius 2 is 1.80 bits per heavy atom. The summed E-state index contributed by atoms with van der Waals surface area (Å²) in [5.74, 6) is 0.439. The first kappa shape index (κ1) is 18.8. The van der Waals surface area contributed by atoms with E-state index in [-0.39, 0.29) is 24.1 Å². The summed E-state index contributed by atoms with van der Waals surface area (Å²) in [7, 11) is 3.04. The van der Waals surface area contributed by atoms with Gasteiger partial charge in [-0.2, -0.15) is 0 Å². The van der Waals surface area contributed by atoms with E-state index in [2.05, 4.69) is 5.32 Å². The van der Waals surface area contributed by atoms with E-state index < -0.39 is 5.82 Å². The zero-order chi connectivity index (χ0) is 18.4. The molecule has 1 N–H and O–H groups in total. The average molecular weight is 345 g/mol. The molecular formula is C20H24FNO3. The van der Waals surface area contributed by atoms with Crippen molar-refractivity contribution in [3.05, 3.63) is 58.9 Å². The van der Waals surface area contributed by atoms with Gasteiger partial charge in [0.05, 0.1) is 20.3 Å². The number of hydrogen-bond acceptors (Lipinski definition) is 3. The zero-order valence-corrected chi connectivity index (χ0v) is 15.1. The maximum Gasteiger partial charge on any atom is 0.220 e. The maximum absolute atomic E-state index is 13.7. The molecule has 0 aliphatic heterocycles. The maximum atomic E-state index is 13.7. The van der Waals surface area contributed by atoms with Crippen molar-refractivity contribution in [2.75, 3.05) is 14.2 Å². The van der Waals surface area contributed by atoms with Crippen molar-refractivity contribution >= 4 is 5.91 Å². The van der Waals surface area contributed by atoms with Crippen molar-refractivity contribution < 1.29 is 18.7 Å². The van der Waals surface area contributed by atoms with E-state index in [1.54, 1.807) is 19.2 Å². The lowest BCUT2D eigenvalue weighted by Crippen LogP contribution is -2.27. The van der Waals surface area contributed by atoms with Gasteiger partial charge < -0.3 is 14.8 Å². The number of ether oxygens (including phenoxy) is 2. The van der Waals surface area contributed by atoms with E-state index in [0.29, 0.717) is 6.42 Å². The number of nitrogens with one attached hydrogen (secondary N) is 1. The van der Waals surface area contributed by atoms with Gasteiger partial charge in [-0.1, -0.05) is 23.8 Å². The zero-order valence-electron chi connectivity index (χ0n) is 15.1. The smallest absolute Gasteiger partial charge is 0.220 e. The molecule has 25 heavy (non-hydrogen) atoms. The minimum atomic E-state index is -0.418. The number of hydrogen-bond donors (Lipinski definition) is 1. The quantitative estimate of drug-likeness (QED) is 0.826. The standard InChI is InChI=1S/C20H24FNO3/c1-13-5-8-18(24-3)16(11-13)14(2)22-20(23)10-7-15-6-9-19(25-4)17(21)12-15/h5-6,8-9,11-12,14H,7,10H2,1-4H3,(H,22,23). The van der Waals surface area contributed by atoms with Crippen molar-refractivity contribution in [3.63, 3.8) is 0 Å². The van der Waals surface area contributed by atoms with Crippen LogP contribution in [0.25, 0.3) is 0 Å². The number of carbonyl (C=O) groups is 1. The molecule has 5 heteroatoms. The normalized spacial score (nSPS) is 11.7. The summed E-state index contributed by atoms with van der Waals surface area (Å²) in [5, 5.41) is 2.97. The molecule has 4 nitrogen and oxygen atoms in total. The minimum absolute atomic E-state index is 0.0905. The molecule has 0 aromatic heterocycles. The Bertz CT molecular complexity index is 746. The average Bonchev–Trinajstić information content (AvgIpc) is 2.60. The van der Waals surface area contributed by atoms with Crippen LogP contribution in [0.2, 0.25) is 0 Å².